The molecule has 1 amide bonds. The van der Waals surface area contributed by atoms with Gasteiger partial charge in [0.2, 0.25) is 5.91 Å². The lowest BCUT2D eigenvalue weighted by Crippen LogP contribution is -2.11. The molecule has 4 heteroatoms. The van der Waals surface area contributed by atoms with E-state index in [9.17, 15) is 4.79 Å². The van der Waals surface area contributed by atoms with Crippen molar-refractivity contribution >= 4 is 39.3 Å². The fourth-order valence-electron chi connectivity index (χ4n) is 4.12. The van der Waals surface area contributed by atoms with E-state index in [1.807, 2.05) is 30.3 Å². The number of carbonyl (C=O) groups is 1. The third-order valence-electron chi connectivity index (χ3n) is 5.52. The zero-order valence-electron chi connectivity index (χ0n) is 16.6. The van der Waals surface area contributed by atoms with E-state index in [2.05, 4.69) is 41.8 Å². The number of nitrogens with two attached hydrogens (primary N) is 1. The molecular formula is C25H25ClN2O. The third-order valence-corrected chi connectivity index (χ3v) is 5.75. The van der Waals surface area contributed by atoms with Crippen molar-refractivity contribution < 1.29 is 4.79 Å². The Labute approximate surface area is 176 Å². The first-order valence-electron chi connectivity index (χ1n) is 10.2. The fourth-order valence-corrected chi connectivity index (χ4v) is 4.33. The van der Waals surface area contributed by atoms with Crippen molar-refractivity contribution in [2.24, 2.45) is 5.73 Å². The number of primary amides is 1. The minimum absolute atomic E-state index is 0.399. The molecule has 0 bridgehead atoms. The van der Waals surface area contributed by atoms with Gasteiger partial charge in [0.1, 0.15) is 0 Å². The van der Waals surface area contributed by atoms with Crippen LogP contribution in [0.15, 0.2) is 60.7 Å². The Kier molecular flexibility index (Phi) is 5.59. The quantitative estimate of drug-likeness (QED) is 0.359. The van der Waals surface area contributed by atoms with Gasteiger partial charge >= 0.3 is 0 Å². The summed E-state index contributed by atoms with van der Waals surface area (Å²) in [6.07, 6.45) is 4.68. The number of hydrogen-bond donors (Lipinski definition) is 1. The highest BCUT2D eigenvalue weighted by Crippen LogP contribution is 2.33. The van der Waals surface area contributed by atoms with Gasteiger partial charge in [-0.2, -0.15) is 0 Å². The molecule has 0 aliphatic carbocycles. The number of halogens is 1. The van der Waals surface area contributed by atoms with Crippen molar-refractivity contribution in [3.8, 4) is 0 Å². The van der Waals surface area contributed by atoms with Gasteiger partial charge in [-0.15, -0.1) is 0 Å². The van der Waals surface area contributed by atoms with Gasteiger partial charge in [0.25, 0.3) is 0 Å². The SMILES string of the molecule is CCCCCc1ccc2c3c(C(N)=O)cccc3n(Cc3cccc(Cl)c3)c2c1. The van der Waals surface area contributed by atoms with E-state index in [1.165, 1.54) is 24.8 Å². The molecule has 4 aromatic rings. The van der Waals surface area contributed by atoms with Crippen LogP contribution in [0.5, 0.6) is 0 Å². The molecule has 29 heavy (non-hydrogen) atoms. The van der Waals surface area contributed by atoms with E-state index in [0.29, 0.717) is 12.1 Å². The van der Waals surface area contributed by atoms with Crippen LogP contribution in [0.4, 0.5) is 0 Å². The van der Waals surface area contributed by atoms with E-state index >= 15 is 0 Å². The van der Waals surface area contributed by atoms with Crippen LogP contribution in [-0.2, 0) is 13.0 Å². The maximum Gasteiger partial charge on any atom is 0.249 e. The number of amides is 1. The largest absolute Gasteiger partial charge is 0.366 e. The van der Waals surface area contributed by atoms with Crippen molar-refractivity contribution in [2.45, 2.75) is 39.2 Å². The van der Waals surface area contributed by atoms with Crippen molar-refractivity contribution in [1.82, 2.24) is 4.57 Å². The summed E-state index contributed by atoms with van der Waals surface area (Å²) in [7, 11) is 0. The summed E-state index contributed by atoms with van der Waals surface area (Å²) in [5.41, 5.74) is 10.9. The zero-order valence-corrected chi connectivity index (χ0v) is 17.4. The summed E-state index contributed by atoms with van der Waals surface area (Å²) in [4.78, 5) is 12.1. The predicted octanol–water partition coefficient (Wildman–Crippen LogP) is 6.33. The molecule has 3 nitrogen and oxygen atoms in total. The molecule has 0 unspecified atom stereocenters. The number of unbranched alkanes of at least 4 members (excludes halogenated alkanes) is 2. The molecule has 1 heterocycles. The molecule has 0 saturated carbocycles. The molecule has 0 aliphatic heterocycles. The normalized spacial score (nSPS) is 11.4. The van der Waals surface area contributed by atoms with E-state index in [1.54, 1.807) is 0 Å². The van der Waals surface area contributed by atoms with E-state index in [0.717, 1.165) is 38.8 Å². The Hall–Kier alpha value is -2.78. The number of nitrogens with zero attached hydrogens (tertiary/aromatic N) is 1. The van der Waals surface area contributed by atoms with Crippen LogP contribution >= 0.6 is 11.6 Å². The number of fused-ring (bicyclic) bond motifs is 3. The van der Waals surface area contributed by atoms with Crippen molar-refractivity contribution in [3.63, 3.8) is 0 Å². The number of carbonyl (C=O) groups excluding carboxylic acids is 1. The van der Waals surface area contributed by atoms with Gasteiger partial charge in [-0.05, 0) is 54.3 Å². The number of benzene rings is 3. The number of rotatable bonds is 7. The molecule has 0 fully saturated rings. The van der Waals surface area contributed by atoms with Gasteiger partial charge in [-0.1, -0.05) is 61.7 Å². The lowest BCUT2D eigenvalue weighted by Gasteiger charge is -2.09. The Morgan fingerprint density at radius 3 is 2.55 bits per heavy atom. The first kappa shape index (κ1) is 19.5. The Balaban J connectivity index is 1.92. The molecule has 4 rings (SSSR count). The fraction of sp³-hybridized carbons (Fsp3) is 0.240. The molecule has 0 radical (unpaired) electrons. The zero-order chi connectivity index (χ0) is 20.4. The molecule has 1 aromatic heterocycles. The smallest absolute Gasteiger partial charge is 0.249 e. The van der Waals surface area contributed by atoms with Crippen LogP contribution in [0.1, 0.15) is 47.7 Å². The summed E-state index contributed by atoms with van der Waals surface area (Å²) in [6, 6.07) is 20.3. The van der Waals surface area contributed by atoms with Crippen LogP contribution in [0.25, 0.3) is 21.8 Å². The maximum absolute atomic E-state index is 12.1. The number of aryl methyl sites for hydroxylation is 1. The van der Waals surface area contributed by atoms with Gasteiger partial charge in [0, 0.05) is 33.4 Å². The Morgan fingerprint density at radius 2 is 1.79 bits per heavy atom. The molecular weight excluding hydrogens is 380 g/mol. The summed E-state index contributed by atoms with van der Waals surface area (Å²) < 4.78 is 2.27. The van der Waals surface area contributed by atoms with Gasteiger partial charge in [0.05, 0.1) is 5.52 Å². The van der Waals surface area contributed by atoms with Gasteiger partial charge in [-0.25, -0.2) is 0 Å². The average Bonchev–Trinajstić information content (AvgIpc) is 3.01. The van der Waals surface area contributed by atoms with Gasteiger partial charge in [0.15, 0.2) is 0 Å². The molecule has 0 spiro atoms. The van der Waals surface area contributed by atoms with Crippen LogP contribution in [-0.4, -0.2) is 10.5 Å². The second-order valence-corrected chi connectivity index (χ2v) is 8.03. The topological polar surface area (TPSA) is 48.0 Å². The number of hydrogen-bond acceptors (Lipinski definition) is 1. The maximum atomic E-state index is 12.1. The lowest BCUT2D eigenvalue weighted by atomic mass is 10.0. The number of aromatic nitrogens is 1. The second-order valence-electron chi connectivity index (χ2n) is 7.59. The minimum atomic E-state index is -0.399. The molecule has 0 aliphatic rings. The standard InChI is InChI=1S/C25H25ClN2O/c1-2-3-4-7-17-12-13-20-23(15-17)28(16-18-8-5-9-19(26)14-18)22-11-6-10-21(24(20)22)25(27)29/h5-6,8-15H,2-4,7,16H2,1H3,(H2,27,29). The lowest BCUT2D eigenvalue weighted by molar-refractivity contribution is 0.100. The van der Waals surface area contributed by atoms with Gasteiger partial charge in [-0.3, -0.25) is 4.79 Å². The van der Waals surface area contributed by atoms with E-state index in [4.69, 9.17) is 17.3 Å². The van der Waals surface area contributed by atoms with Crippen LogP contribution in [0.2, 0.25) is 5.02 Å². The van der Waals surface area contributed by atoms with Crippen molar-refractivity contribution in [3.05, 3.63) is 82.4 Å². The molecule has 0 atom stereocenters. The third kappa shape index (κ3) is 3.88. The second kappa shape index (κ2) is 8.30. The van der Waals surface area contributed by atoms with E-state index in [-0.39, 0.29) is 0 Å². The van der Waals surface area contributed by atoms with E-state index < -0.39 is 5.91 Å². The van der Waals surface area contributed by atoms with Crippen molar-refractivity contribution in [1.29, 1.82) is 0 Å². The first-order chi connectivity index (χ1) is 14.1. The summed E-state index contributed by atoms with van der Waals surface area (Å²) in [5.74, 6) is -0.399. The minimum Gasteiger partial charge on any atom is -0.366 e. The van der Waals surface area contributed by atoms with Crippen LogP contribution in [0, 0.1) is 0 Å². The van der Waals surface area contributed by atoms with Crippen molar-refractivity contribution in [2.75, 3.05) is 0 Å². The predicted molar refractivity (Wildman–Crippen MR) is 122 cm³/mol. The average molecular weight is 405 g/mol. The Bertz CT molecular complexity index is 1190. The monoisotopic (exact) mass is 404 g/mol. The summed E-state index contributed by atoms with van der Waals surface area (Å²) >= 11 is 6.21. The molecule has 148 valence electrons. The van der Waals surface area contributed by atoms with Gasteiger partial charge < -0.3 is 10.3 Å². The van der Waals surface area contributed by atoms with Crippen LogP contribution in [0.3, 0.4) is 0 Å². The summed E-state index contributed by atoms with van der Waals surface area (Å²) in [6.45, 7) is 2.90. The molecule has 3 aromatic carbocycles. The first-order valence-corrected chi connectivity index (χ1v) is 10.5. The highest BCUT2D eigenvalue weighted by Gasteiger charge is 2.17. The molecule has 0 saturated heterocycles. The Morgan fingerprint density at radius 1 is 0.966 bits per heavy atom. The highest BCUT2D eigenvalue weighted by atomic mass is 35.5. The highest BCUT2D eigenvalue weighted by molar-refractivity contribution is 6.30. The van der Waals surface area contributed by atoms with Crippen LogP contribution < -0.4 is 5.73 Å². The summed E-state index contributed by atoms with van der Waals surface area (Å²) in [5, 5.41) is 2.72. The molecule has 2 N–H and O–H groups in total.